The largest absolute Gasteiger partial charge is 0.318 e. The highest BCUT2D eigenvalue weighted by molar-refractivity contribution is 6.13. The summed E-state index contributed by atoms with van der Waals surface area (Å²) in [5.74, 6) is 0. The van der Waals surface area contributed by atoms with Crippen molar-refractivity contribution in [1.82, 2.24) is 13.7 Å². The Kier molecular flexibility index (Phi) is 6.61. The van der Waals surface area contributed by atoms with Crippen molar-refractivity contribution in [3.8, 4) is 34.3 Å². The summed E-state index contributed by atoms with van der Waals surface area (Å²) in [7, 11) is 0. The van der Waals surface area contributed by atoms with Crippen LogP contribution in [-0.4, -0.2) is 13.7 Å². The zero-order valence-corrected chi connectivity index (χ0v) is 29.5. The smallest absolute Gasteiger partial charge is 0.211 e. The van der Waals surface area contributed by atoms with Crippen LogP contribution in [0.3, 0.4) is 0 Å². The molecular formula is C50H29N5. The minimum atomic E-state index is 0.525. The molecule has 0 amide bonds. The molecule has 11 aromatic rings. The van der Waals surface area contributed by atoms with Crippen LogP contribution in [0.15, 0.2) is 176 Å². The summed E-state index contributed by atoms with van der Waals surface area (Å²) >= 11 is 0. The third-order valence-corrected chi connectivity index (χ3v) is 11.1. The standard InChI is InChI=1S/C50H29N5/c1-52-43-29-33(23-28-48(43)55-47-20-9-5-15-40(47)42-16-10-11-34(31-51)50(42)55)32-21-24-35(25-22-32)53-44-17-6-4-14-39(44)41-27-26-36(30-49(41)53)54-45-18-7-2-12-37(45)38-13-3-8-19-46(38)54/h2-30H. The summed E-state index contributed by atoms with van der Waals surface area (Å²) in [6, 6.07) is 63.7. The van der Waals surface area contributed by atoms with Crippen LogP contribution in [0.5, 0.6) is 0 Å². The third-order valence-electron chi connectivity index (χ3n) is 11.1. The van der Waals surface area contributed by atoms with Gasteiger partial charge in [-0.1, -0.05) is 109 Å². The molecule has 3 heterocycles. The maximum absolute atomic E-state index is 10.1. The van der Waals surface area contributed by atoms with Gasteiger partial charge in [0.1, 0.15) is 6.07 Å². The number of aromatic nitrogens is 3. The first kappa shape index (κ1) is 30.7. The molecule has 0 saturated heterocycles. The Balaban J connectivity index is 1.04. The van der Waals surface area contributed by atoms with E-state index in [1.807, 2.05) is 42.5 Å². The van der Waals surface area contributed by atoms with Gasteiger partial charge in [0.15, 0.2) is 0 Å². The van der Waals surface area contributed by atoms with Crippen LogP contribution in [0.4, 0.5) is 5.69 Å². The van der Waals surface area contributed by atoms with Gasteiger partial charge < -0.3 is 13.7 Å². The SMILES string of the molecule is [C-]#[N+]c1cc(-c2ccc(-n3c4ccccc4c4ccc(-n5c6ccccc6c6ccccc65)cc43)cc2)ccc1-n1c2ccccc2c2cccc(C#N)c21. The Morgan fingerprint density at radius 2 is 0.909 bits per heavy atom. The lowest BCUT2D eigenvalue weighted by atomic mass is 10.0. The molecule has 5 heteroatoms. The van der Waals surface area contributed by atoms with Crippen LogP contribution in [0.1, 0.15) is 5.56 Å². The molecule has 0 spiro atoms. The minimum Gasteiger partial charge on any atom is -0.318 e. The van der Waals surface area contributed by atoms with E-state index in [1.165, 1.54) is 32.6 Å². The Morgan fingerprint density at radius 1 is 0.418 bits per heavy atom. The van der Waals surface area contributed by atoms with Gasteiger partial charge in [-0.15, -0.1) is 0 Å². The summed E-state index contributed by atoms with van der Waals surface area (Å²) in [5, 5.41) is 17.0. The van der Waals surface area contributed by atoms with Crippen LogP contribution in [0, 0.1) is 17.9 Å². The maximum Gasteiger partial charge on any atom is 0.211 e. The van der Waals surface area contributed by atoms with Crippen LogP contribution < -0.4 is 0 Å². The monoisotopic (exact) mass is 699 g/mol. The van der Waals surface area contributed by atoms with Gasteiger partial charge in [-0.2, -0.15) is 5.26 Å². The second-order valence-electron chi connectivity index (χ2n) is 14.0. The predicted molar refractivity (Wildman–Crippen MR) is 226 cm³/mol. The summed E-state index contributed by atoms with van der Waals surface area (Å²) in [6.07, 6.45) is 0. The van der Waals surface area contributed by atoms with Crippen LogP contribution in [-0.2, 0) is 0 Å². The third kappa shape index (κ3) is 4.45. The van der Waals surface area contributed by atoms with E-state index in [-0.39, 0.29) is 0 Å². The molecule has 0 radical (unpaired) electrons. The number of benzene rings is 8. The lowest BCUT2D eigenvalue weighted by molar-refractivity contribution is 1.15. The molecule has 0 unspecified atom stereocenters. The fraction of sp³-hybridized carbons (Fsp3) is 0. The quantitative estimate of drug-likeness (QED) is 0.169. The average molecular weight is 700 g/mol. The van der Waals surface area contributed by atoms with E-state index in [1.54, 1.807) is 0 Å². The molecule has 0 N–H and O–H groups in total. The molecular weight excluding hydrogens is 671 g/mol. The van der Waals surface area contributed by atoms with Gasteiger partial charge >= 0.3 is 0 Å². The molecule has 0 bridgehead atoms. The van der Waals surface area contributed by atoms with Crippen LogP contribution in [0.2, 0.25) is 0 Å². The van der Waals surface area contributed by atoms with Gasteiger partial charge in [0.25, 0.3) is 0 Å². The normalized spacial score (nSPS) is 11.6. The highest BCUT2D eigenvalue weighted by atomic mass is 15.0. The molecule has 3 aromatic heterocycles. The molecule has 0 aliphatic carbocycles. The molecule has 0 saturated carbocycles. The van der Waals surface area contributed by atoms with E-state index >= 15 is 0 Å². The van der Waals surface area contributed by atoms with Gasteiger partial charge in [0, 0.05) is 43.7 Å². The number of hydrogen-bond acceptors (Lipinski definition) is 1. The van der Waals surface area contributed by atoms with Crippen LogP contribution >= 0.6 is 0 Å². The van der Waals surface area contributed by atoms with Crippen molar-refractivity contribution < 1.29 is 0 Å². The van der Waals surface area contributed by atoms with Crippen molar-refractivity contribution in [2.45, 2.75) is 0 Å². The number of rotatable bonds is 4. The van der Waals surface area contributed by atoms with E-state index in [2.05, 4.69) is 158 Å². The highest BCUT2D eigenvalue weighted by Crippen LogP contribution is 2.40. The molecule has 55 heavy (non-hydrogen) atoms. The lowest BCUT2D eigenvalue weighted by Crippen LogP contribution is -1.97. The first-order valence-corrected chi connectivity index (χ1v) is 18.3. The molecule has 0 aliphatic heterocycles. The zero-order valence-electron chi connectivity index (χ0n) is 29.5. The van der Waals surface area contributed by atoms with Gasteiger partial charge in [0.2, 0.25) is 5.69 Å². The average Bonchev–Trinajstić information content (AvgIpc) is 3.89. The fourth-order valence-corrected chi connectivity index (χ4v) is 8.72. The number of hydrogen-bond donors (Lipinski definition) is 0. The summed E-state index contributed by atoms with van der Waals surface area (Å²) in [5.41, 5.74) is 12.5. The first-order valence-electron chi connectivity index (χ1n) is 18.3. The molecule has 5 nitrogen and oxygen atoms in total. The van der Waals surface area contributed by atoms with Crippen molar-refractivity contribution in [1.29, 1.82) is 5.26 Å². The van der Waals surface area contributed by atoms with Crippen molar-refractivity contribution >= 4 is 71.1 Å². The van der Waals surface area contributed by atoms with E-state index in [0.717, 1.165) is 61.0 Å². The van der Waals surface area contributed by atoms with E-state index in [9.17, 15) is 5.26 Å². The molecule has 0 fully saturated rings. The fourth-order valence-electron chi connectivity index (χ4n) is 8.72. The Labute approximate surface area is 316 Å². The Morgan fingerprint density at radius 3 is 1.51 bits per heavy atom. The minimum absolute atomic E-state index is 0.525. The van der Waals surface area contributed by atoms with Crippen molar-refractivity contribution in [2.75, 3.05) is 0 Å². The van der Waals surface area contributed by atoms with E-state index < -0.39 is 0 Å². The van der Waals surface area contributed by atoms with Gasteiger partial charge in [-0.3, -0.25) is 0 Å². The summed E-state index contributed by atoms with van der Waals surface area (Å²) < 4.78 is 6.79. The van der Waals surface area contributed by atoms with Crippen molar-refractivity contribution in [2.24, 2.45) is 0 Å². The zero-order chi connectivity index (χ0) is 36.6. The summed E-state index contributed by atoms with van der Waals surface area (Å²) in [6.45, 7) is 8.24. The molecule has 8 aromatic carbocycles. The molecule has 0 atom stereocenters. The molecule has 0 aliphatic rings. The number of para-hydroxylation sites is 5. The van der Waals surface area contributed by atoms with Gasteiger partial charge in [-0.05, 0) is 77.9 Å². The van der Waals surface area contributed by atoms with Gasteiger partial charge in [-0.25, -0.2) is 4.85 Å². The Bertz CT molecular complexity index is 3400. The first-order chi connectivity index (χ1) is 27.2. The maximum atomic E-state index is 10.1. The lowest BCUT2D eigenvalue weighted by Gasteiger charge is -2.14. The summed E-state index contributed by atoms with van der Waals surface area (Å²) in [4.78, 5) is 4.02. The van der Waals surface area contributed by atoms with Crippen molar-refractivity contribution in [3.63, 3.8) is 0 Å². The van der Waals surface area contributed by atoms with Gasteiger partial charge in [0.05, 0.1) is 50.9 Å². The highest BCUT2D eigenvalue weighted by Gasteiger charge is 2.19. The second-order valence-corrected chi connectivity index (χ2v) is 14.0. The number of nitriles is 1. The van der Waals surface area contributed by atoms with E-state index in [4.69, 9.17) is 6.57 Å². The number of nitrogens with zero attached hydrogens (tertiary/aromatic N) is 5. The molecule has 254 valence electrons. The topological polar surface area (TPSA) is 42.9 Å². The number of fused-ring (bicyclic) bond motifs is 9. The second kappa shape index (κ2) is 11.8. The van der Waals surface area contributed by atoms with Crippen molar-refractivity contribution in [3.05, 3.63) is 193 Å². The Hall–Kier alpha value is -7.86. The molecule has 11 rings (SSSR count). The predicted octanol–water partition coefficient (Wildman–Crippen LogP) is 13.1. The van der Waals surface area contributed by atoms with Crippen LogP contribution in [0.25, 0.3) is 98.5 Å². The van der Waals surface area contributed by atoms with E-state index in [0.29, 0.717) is 11.3 Å².